The van der Waals surface area contributed by atoms with E-state index in [4.69, 9.17) is 0 Å². The van der Waals surface area contributed by atoms with Crippen LogP contribution in [0.1, 0.15) is 23.1 Å². The zero-order valence-electron chi connectivity index (χ0n) is 15.8. The van der Waals surface area contributed by atoms with E-state index in [0.717, 1.165) is 23.3 Å². The van der Waals surface area contributed by atoms with Crippen LogP contribution in [0.4, 0.5) is 24.5 Å². The van der Waals surface area contributed by atoms with Gasteiger partial charge in [-0.1, -0.05) is 30.3 Å². The molecule has 0 atom stereocenters. The van der Waals surface area contributed by atoms with Crippen LogP contribution in [0.15, 0.2) is 60.9 Å². The molecule has 1 amide bonds. The Kier molecular flexibility index (Phi) is 6.21. The Hall–Kier alpha value is -3.29. The molecule has 29 heavy (non-hydrogen) atoms. The van der Waals surface area contributed by atoms with Crippen LogP contribution in [0.25, 0.3) is 0 Å². The summed E-state index contributed by atoms with van der Waals surface area (Å²) < 4.78 is 41.0. The number of aromatic nitrogens is 2. The van der Waals surface area contributed by atoms with Crippen LogP contribution < -0.4 is 10.6 Å². The van der Waals surface area contributed by atoms with E-state index in [-0.39, 0.29) is 18.0 Å². The highest BCUT2D eigenvalue weighted by molar-refractivity contribution is 5.94. The smallest absolute Gasteiger partial charge is 0.379 e. The second-order valence-corrected chi connectivity index (χ2v) is 6.67. The van der Waals surface area contributed by atoms with Crippen LogP contribution in [0, 0.1) is 0 Å². The Labute approximate surface area is 166 Å². The first-order chi connectivity index (χ1) is 13.8. The molecule has 0 saturated carbocycles. The SMILES string of the molecule is Cn1cc(CCC(=O)Nc2cc(C(F)(F)F)ccc2NCc2ccccc2)cn1. The zero-order chi connectivity index (χ0) is 20.9. The number of rotatable bonds is 7. The van der Waals surface area contributed by atoms with Gasteiger partial charge >= 0.3 is 6.18 Å². The molecule has 0 saturated heterocycles. The van der Waals surface area contributed by atoms with Crippen molar-refractivity contribution < 1.29 is 18.0 Å². The van der Waals surface area contributed by atoms with Crippen molar-refractivity contribution in [2.45, 2.75) is 25.6 Å². The summed E-state index contributed by atoms with van der Waals surface area (Å²) in [6.45, 7) is 0.421. The number of nitrogens with one attached hydrogen (secondary N) is 2. The normalized spacial score (nSPS) is 11.3. The highest BCUT2D eigenvalue weighted by Gasteiger charge is 2.31. The summed E-state index contributed by atoms with van der Waals surface area (Å²) in [5.41, 5.74) is 1.57. The van der Waals surface area contributed by atoms with E-state index in [1.807, 2.05) is 30.3 Å². The van der Waals surface area contributed by atoms with E-state index in [0.29, 0.717) is 18.7 Å². The Morgan fingerprint density at radius 2 is 1.83 bits per heavy atom. The second kappa shape index (κ2) is 8.81. The van der Waals surface area contributed by atoms with Crippen LogP contribution in [0.5, 0.6) is 0 Å². The van der Waals surface area contributed by atoms with Gasteiger partial charge in [0, 0.05) is 26.2 Å². The lowest BCUT2D eigenvalue weighted by molar-refractivity contribution is -0.137. The summed E-state index contributed by atoms with van der Waals surface area (Å²) in [6.07, 6.45) is -0.451. The average molecular weight is 402 g/mol. The van der Waals surface area contributed by atoms with Gasteiger partial charge in [-0.25, -0.2) is 0 Å². The third-order valence-electron chi connectivity index (χ3n) is 4.35. The van der Waals surface area contributed by atoms with Gasteiger partial charge in [0.15, 0.2) is 0 Å². The number of hydrogen-bond acceptors (Lipinski definition) is 3. The molecule has 152 valence electrons. The number of amides is 1. The lowest BCUT2D eigenvalue weighted by atomic mass is 10.1. The van der Waals surface area contributed by atoms with Gasteiger partial charge in [0.1, 0.15) is 0 Å². The van der Waals surface area contributed by atoms with Crippen molar-refractivity contribution >= 4 is 17.3 Å². The van der Waals surface area contributed by atoms with E-state index >= 15 is 0 Å². The van der Waals surface area contributed by atoms with Crippen LogP contribution in [0.2, 0.25) is 0 Å². The van der Waals surface area contributed by atoms with Crippen LogP contribution >= 0.6 is 0 Å². The van der Waals surface area contributed by atoms with Crippen molar-refractivity contribution in [3.8, 4) is 0 Å². The van der Waals surface area contributed by atoms with Crippen molar-refractivity contribution in [1.29, 1.82) is 0 Å². The van der Waals surface area contributed by atoms with Gasteiger partial charge in [-0.3, -0.25) is 9.48 Å². The van der Waals surface area contributed by atoms with Crippen molar-refractivity contribution in [3.05, 3.63) is 77.6 Å². The van der Waals surface area contributed by atoms with Crippen LogP contribution in [-0.2, 0) is 31.0 Å². The number of aryl methyl sites for hydroxylation is 2. The van der Waals surface area contributed by atoms with E-state index in [1.165, 1.54) is 6.07 Å². The maximum atomic E-state index is 13.1. The van der Waals surface area contributed by atoms with Crippen molar-refractivity contribution in [3.63, 3.8) is 0 Å². The van der Waals surface area contributed by atoms with E-state index < -0.39 is 11.7 Å². The fourth-order valence-electron chi connectivity index (χ4n) is 2.84. The lowest BCUT2D eigenvalue weighted by Crippen LogP contribution is -2.15. The molecule has 0 aliphatic carbocycles. The summed E-state index contributed by atoms with van der Waals surface area (Å²) in [5.74, 6) is -0.365. The quantitative estimate of drug-likeness (QED) is 0.606. The number of benzene rings is 2. The lowest BCUT2D eigenvalue weighted by Gasteiger charge is -2.16. The Morgan fingerprint density at radius 3 is 2.48 bits per heavy atom. The minimum Gasteiger partial charge on any atom is -0.379 e. The molecule has 1 aromatic heterocycles. The molecule has 2 N–H and O–H groups in total. The first-order valence-electron chi connectivity index (χ1n) is 9.07. The summed E-state index contributed by atoms with van der Waals surface area (Å²) in [7, 11) is 1.77. The van der Waals surface area contributed by atoms with Gasteiger partial charge in [-0.2, -0.15) is 18.3 Å². The molecule has 0 aliphatic heterocycles. The predicted molar refractivity (Wildman–Crippen MR) is 105 cm³/mol. The van der Waals surface area contributed by atoms with E-state index in [9.17, 15) is 18.0 Å². The molecule has 2 aromatic carbocycles. The predicted octanol–water partition coefficient (Wildman–Crippen LogP) is 4.62. The first kappa shape index (κ1) is 20.4. The summed E-state index contributed by atoms with van der Waals surface area (Å²) in [4.78, 5) is 12.3. The van der Waals surface area contributed by atoms with Gasteiger partial charge < -0.3 is 10.6 Å². The number of alkyl halides is 3. The molecule has 0 radical (unpaired) electrons. The molecule has 0 aliphatic rings. The maximum absolute atomic E-state index is 13.1. The summed E-state index contributed by atoms with van der Waals surface area (Å²) >= 11 is 0. The van der Waals surface area contributed by atoms with Crippen molar-refractivity contribution in [1.82, 2.24) is 9.78 Å². The zero-order valence-corrected chi connectivity index (χ0v) is 15.8. The maximum Gasteiger partial charge on any atom is 0.416 e. The molecule has 0 fully saturated rings. The molecule has 0 bridgehead atoms. The number of hydrogen-bond donors (Lipinski definition) is 2. The average Bonchev–Trinajstić information content (AvgIpc) is 3.11. The first-order valence-corrected chi connectivity index (χ1v) is 9.07. The highest BCUT2D eigenvalue weighted by Crippen LogP contribution is 2.34. The molecular formula is C21H21F3N4O. The van der Waals surface area contributed by atoms with Crippen LogP contribution in [0.3, 0.4) is 0 Å². The largest absolute Gasteiger partial charge is 0.416 e. The minimum absolute atomic E-state index is 0.104. The third-order valence-corrected chi connectivity index (χ3v) is 4.35. The molecule has 1 heterocycles. The molecule has 0 spiro atoms. The topological polar surface area (TPSA) is 59.0 Å². The molecule has 3 aromatic rings. The van der Waals surface area contributed by atoms with E-state index in [2.05, 4.69) is 15.7 Å². The number of carbonyl (C=O) groups excluding carboxylic acids is 1. The Bertz CT molecular complexity index is 968. The molecular weight excluding hydrogens is 381 g/mol. The third kappa shape index (κ3) is 5.84. The molecule has 0 unspecified atom stereocenters. The van der Waals surface area contributed by atoms with Gasteiger partial charge in [0.25, 0.3) is 0 Å². The van der Waals surface area contributed by atoms with Gasteiger partial charge in [0.2, 0.25) is 5.91 Å². The Balaban J connectivity index is 1.73. The molecule has 8 heteroatoms. The summed E-state index contributed by atoms with van der Waals surface area (Å²) in [5, 5.41) is 9.74. The standard InChI is InChI=1S/C21H21F3N4O/c1-28-14-16(13-26-28)7-10-20(29)27-19-11-17(21(22,23)24)8-9-18(19)25-12-15-5-3-2-4-6-15/h2-6,8-9,11,13-14,25H,7,10,12H2,1H3,(H,27,29). The minimum atomic E-state index is -4.49. The molecule has 5 nitrogen and oxygen atoms in total. The monoisotopic (exact) mass is 402 g/mol. The number of halogens is 3. The highest BCUT2D eigenvalue weighted by atomic mass is 19.4. The van der Waals surface area contributed by atoms with Crippen molar-refractivity contribution in [2.24, 2.45) is 7.05 Å². The number of nitrogens with zero attached hydrogens (tertiary/aromatic N) is 2. The van der Waals surface area contributed by atoms with Crippen molar-refractivity contribution in [2.75, 3.05) is 10.6 Å². The fraction of sp³-hybridized carbons (Fsp3) is 0.238. The summed E-state index contributed by atoms with van der Waals surface area (Å²) in [6, 6.07) is 12.7. The fourth-order valence-corrected chi connectivity index (χ4v) is 2.84. The van der Waals surface area contributed by atoms with Crippen LogP contribution in [-0.4, -0.2) is 15.7 Å². The van der Waals surface area contributed by atoms with Gasteiger partial charge in [0.05, 0.1) is 23.1 Å². The van der Waals surface area contributed by atoms with E-state index in [1.54, 1.807) is 24.1 Å². The van der Waals surface area contributed by atoms with Gasteiger partial charge in [-0.05, 0) is 35.7 Å². The number of carbonyl (C=O) groups is 1. The second-order valence-electron chi connectivity index (χ2n) is 6.67. The van der Waals surface area contributed by atoms with Gasteiger partial charge in [-0.15, -0.1) is 0 Å². The molecule has 3 rings (SSSR count). The number of anilines is 2. The Morgan fingerprint density at radius 1 is 1.07 bits per heavy atom.